The van der Waals surface area contributed by atoms with Crippen LogP contribution in [0.3, 0.4) is 0 Å². The highest BCUT2D eigenvalue weighted by atomic mass is 35.5. The van der Waals surface area contributed by atoms with Crippen LogP contribution in [0, 0.1) is 6.92 Å². The van der Waals surface area contributed by atoms with Gasteiger partial charge in [-0.3, -0.25) is 4.90 Å². The third kappa shape index (κ3) is 5.58. The SMILES string of the molecule is CC(=C/C(C)=C/N(c1ncc(CN(C)C)[nH]1)c1ncccc1C)/C=C/Cl. The zero-order valence-electron chi connectivity index (χ0n) is 16.0. The number of rotatable bonds is 7. The minimum Gasteiger partial charge on any atom is -0.326 e. The van der Waals surface area contributed by atoms with Crippen molar-refractivity contribution in [1.82, 2.24) is 19.9 Å². The molecule has 0 fully saturated rings. The quantitative estimate of drug-likeness (QED) is 0.702. The van der Waals surface area contributed by atoms with Gasteiger partial charge < -0.3 is 9.88 Å². The first-order valence-corrected chi connectivity index (χ1v) is 8.87. The van der Waals surface area contributed by atoms with Crippen molar-refractivity contribution in [1.29, 1.82) is 0 Å². The van der Waals surface area contributed by atoms with Gasteiger partial charge in [0, 0.05) is 24.5 Å². The Bertz CT molecular complexity index is 817. The molecule has 2 heterocycles. The molecule has 5 nitrogen and oxygen atoms in total. The van der Waals surface area contributed by atoms with Gasteiger partial charge in [0.15, 0.2) is 0 Å². The molecule has 0 atom stereocenters. The molecule has 0 saturated carbocycles. The van der Waals surface area contributed by atoms with Gasteiger partial charge in [-0.25, -0.2) is 9.97 Å². The molecule has 2 aromatic rings. The Hall–Kier alpha value is -2.37. The number of nitrogens with one attached hydrogen (secondary N) is 1. The van der Waals surface area contributed by atoms with Crippen molar-refractivity contribution in [2.75, 3.05) is 19.0 Å². The smallest absolute Gasteiger partial charge is 0.213 e. The summed E-state index contributed by atoms with van der Waals surface area (Å²) in [4.78, 5) is 16.6. The standard InChI is InChI=1S/C20H26ClN5/c1-15(8-9-21)11-16(2)13-26(19-17(3)7-6-10-22-19)20-23-12-18(24-20)14-25(4)5/h6-13H,14H2,1-5H3,(H,23,24)/b9-8+,15-11-,16-13+. The molecule has 0 bridgehead atoms. The number of hydrogen-bond donors (Lipinski definition) is 1. The molecule has 0 unspecified atom stereocenters. The van der Waals surface area contributed by atoms with Crippen LogP contribution in [-0.2, 0) is 6.54 Å². The Labute approximate surface area is 160 Å². The summed E-state index contributed by atoms with van der Waals surface area (Å²) >= 11 is 5.66. The second-order valence-corrected chi connectivity index (χ2v) is 6.79. The molecule has 26 heavy (non-hydrogen) atoms. The summed E-state index contributed by atoms with van der Waals surface area (Å²) in [6, 6.07) is 3.97. The van der Waals surface area contributed by atoms with Crippen molar-refractivity contribution >= 4 is 23.4 Å². The maximum Gasteiger partial charge on any atom is 0.213 e. The van der Waals surface area contributed by atoms with Gasteiger partial charge in [-0.05, 0) is 63.7 Å². The average molecular weight is 372 g/mol. The number of halogens is 1. The van der Waals surface area contributed by atoms with Crippen LogP contribution >= 0.6 is 11.6 Å². The molecule has 0 aromatic carbocycles. The van der Waals surface area contributed by atoms with Crippen LogP contribution in [0.5, 0.6) is 0 Å². The van der Waals surface area contributed by atoms with E-state index in [2.05, 4.69) is 25.9 Å². The molecule has 0 aliphatic carbocycles. The molecule has 1 N–H and O–H groups in total. The van der Waals surface area contributed by atoms with E-state index >= 15 is 0 Å². The van der Waals surface area contributed by atoms with E-state index in [1.165, 1.54) is 5.54 Å². The molecule has 0 saturated heterocycles. The van der Waals surface area contributed by atoms with Crippen LogP contribution in [0.2, 0.25) is 0 Å². The fraction of sp³-hybridized carbons (Fsp3) is 0.300. The number of hydrogen-bond acceptors (Lipinski definition) is 4. The Kier molecular flexibility index (Phi) is 7.18. The summed E-state index contributed by atoms with van der Waals surface area (Å²) in [6.45, 7) is 6.89. The molecule has 6 heteroatoms. The zero-order chi connectivity index (χ0) is 19.1. The Balaban J connectivity index is 2.45. The van der Waals surface area contributed by atoms with Crippen LogP contribution in [0.25, 0.3) is 0 Å². The fourth-order valence-electron chi connectivity index (χ4n) is 2.59. The Morgan fingerprint density at radius 2 is 2.00 bits per heavy atom. The predicted octanol–water partition coefficient (Wildman–Crippen LogP) is 4.92. The minimum absolute atomic E-state index is 0.738. The van der Waals surface area contributed by atoms with Gasteiger partial charge in [-0.1, -0.05) is 23.7 Å². The fourth-order valence-corrected chi connectivity index (χ4v) is 2.79. The van der Waals surface area contributed by atoms with Crippen molar-refractivity contribution in [3.8, 4) is 0 Å². The second kappa shape index (κ2) is 9.36. The minimum atomic E-state index is 0.738. The first-order valence-electron chi connectivity index (χ1n) is 8.43. The highest BCUT2D eigenvalue weighted by Crippen LogP contribution is 2.25. The Morgan fingerprint density at radius 3 is 2.65 bits per heavy atom. The number of nitrogens with zero attached hydrogens (tertiary/aromatic N) is 4. The average Bonchev–Trinajstić information content (AvgIpc) is 3.01. The van der Waals surface area contributed by atoms with Gasteiger partial charge in [0.1, 0.15) is 5.82 Å². The lowest BCUT2D eigenvalue weighted by Gasteiger charge is -2.19. The van der Waals surface area contributed by atoms with Crippen molar-refractivity contribution in [2.45, 2.75) is 27.3 Å². The van der Waals surface area contributed by atoms with Gasteiger partial charge in [-0.15, -0.1) is 0 Å². The van der Waals surface area contributed by atoms with Crippen LogP contribution in [0.4, 0.5) is 11.8 Å². The lowest BCUT2D eigenvalue weighted by atomic mass is 10.2. The van der Waals surface area contributed by atoms with E-state index in [0.29, 0.717) is 0 Å². The van der Waals surface area contributed by atoms with E-state index in [9.17, 15) is 0 Å². The summed E-state index contributed by atoms with van der Waals surface area (Å²) in [5.41, 5.74) is 5.77. The molecule has 0 aliphatic heterocycles. The number of H-pyrrole nitrogens is 1. The lowest BCUT2D eigenvalue weighted by Crippen LogP contribution is -2.15. The van der Waals surface area contributed by atoms with Crippen molar-refractivity contribution in [2.24, 2.45) is 0 Å². The number of imidazole rings is 1. The van der Waals surface area contributed by atoms with Crippen molar-refractivity contribution in [3.05, 3.63) is 70.8 Å². The monoisotopic (exact) mass is 371 g/mol. The van der Waals surface area contributed by atoms with Crippen LogP contribution < -0.4 is 4.90 Å². The Morgan fingerprint density at radius 1 is 1.23 bits per heavy atom. The number of aromatic nitrogens is 3. The van der Waals surface area contributed by atoms with Gasteiger partial charge in [0.05, 0.1) is 11.9 Å². The molecule has 0 radical (unpaired) electrons. The summed E-state index contributed by atoms with van der Waals surface area (Å²) in [7, 11) is 4.06. The van der Waals surface area contributed by atoms with E-state index in [4.69, 9.17) is 11.6 Å². The van der Waals surface area contributed by atoms with Crippen LogP contribution in [-0.4, -0.2) is 33.9 Å². The first kappa shape index (κ1) is 19.9. The van der Waals surface area contributed by atoms with Crippen LogP contribution in [0.1, 0.15) is 25.1 Å². The number of aryl methyl sites for hydroxylation is 1. The van der Waals surface area contributed by atoms with Crippen molar-refractivity contribution < 1.29 is 0 Å². The predicted molar refractivity (Wildman–Crippen MR) is 110 cm³/mol. The van der Waals surface area contributed by atoms with E-state index in [-0.39, 0.29) is 0 Å². The topological polar surface area (TPSA) is 48.1 Å². The number of aromatic amines is 1. The van der Waals surface area contributed by atoms with Gasteiger partial charge in [0.2, 0.25) is 5.95 Å². The summed E-state index contributed by atoms with van der Waals surface area (Å²) < 4.78 is 0. The van der Waals surface area contributed by atoms with Gasteiger partial charge in [0.25, 0.3) is 0 Å². The molecule has 2 aromatic heterocycles. The van der Waals surface area contributed by atoms with E-state index in [0.717, 1.165) is 40.7 Å². The molecule has 0 spiro atoms. The normalized spacial score (nSPS) is 13.0. The first-order chi connectivity index (χ1) is 12.4. The molecule has 2 rings (SSSR count). The van der Waals surface area contributed by atoms with Gasteiger partial charge in [-0.2, -0.15) is 0 Å². The second-order valence-electron chi connectivity index (χ2n) is 6.54. The maximum atomic E-state index is 5.66. The number of allylic oxidation sites excluding steroid dienone is 4. The van der Waals surface area contributed by atoms with Gasteiger partial charge >= 0.3 is 0 Å². The molecule has 138 valence electrons. The number of anilines is 2. The number of pyridine rings is 1. The van der Waals surface area contributed by atoms with E-state index in [1.54, 1.807) is 6.20 Å². The highest BCUT2D eigenvalue weighted by molar-refractivity contribution is 6.25. The molecular formula is C20H26ClN5. The molecule has 0 amide bonds. The third-order valence-electron chi connectivity index (χ3n) is 3.65. The summed E-state index contributed by atoms with van der Waals surface area (Å²) in [5, 5.41) is 0. The highest BCUT2D eigenvalue weighted by Gasteiger charge is 2.14. The maximum absolute atomic E-state index is 5.66. The lowest BCUT2D eigenvalue weighted by molar-refractivity contribution is 0.397. The summed E-state index contributed by atoms with van der Waals surface area (Å²) in [6.07, 6.45) is 9.60. The third-order valence-corrected chi connectivity index (χ3v) is 3.78. The molecule has 0 aliphatic rings. The van der Waals surface area contributed by atoms with E-state index < -0.39 is 0 Å². The van der Waals surface area contributed by atoms with E-state index in [1.807, 2.05) is 70.4 Å². The largest absolute Gasteiger partial charge is 0.326 e. The van der Waals surface area contributed by atoms with Crippen molar-refractivity contribution in [3.63, 3.8) is 0 Å². The summed E-state index contributed by atoms with van der Waals surface area (Å²) in [5.74, 6) is 1.58. The molecular weight excluding hydrogens is 346 g/mol. The van der Waals surface area contributed by atoms with Crippen LogP contribution in [0.15, 0.2) is 59.6 Å². The zero-order valence-corrected chi connectivity index (χ0v) is 16.7.